The average Bonchev–Trinajstić information content (AvgIpc) is 2.76. The molecule has 2 atom stereocenters. The van der Waals surface area contributed by atoms with Crippen LogP contribution in [0, 0.1) is 0 Å². The Labute approximate surface area is 174 Å². The van der Waals surface area contributed by atoms with E-state index in [-0.39, 0.29) is 6.04 Å². The molecule has 0 aliphatic carbocycles. The van der Waals surface area contributed by atoms with E-state index in [1.807, 2.05) is 37.3 Å². The highest BCUT2D eigenvalue weighted by molar-refractivity contribution is 5.71. The third-order valence-electron chi connectivity index (χ3n) is 5.05. The van der Waals surface area contributed by atoms with Gasteiger partial charge in [0.05, 0.1) is 18.8 Å². The van der Waals surface area contributed by atoms with E-state index in [1.54, 1.807) is 18.2 Å². The summed E-state index contributed by atoms with van der Waals surface area (Å²) < 4.78 is 43.9. The highest BCUT2D eigenvalue weighted by atomic mass is 19.4. The number of ether oxygens (including phenoxy) is 1. The maximum atomic E-state index is 12.8. The van der Waals surface area contributed by atoms with Crippen molar-refractivity contribution in [1.29, 1.82) is 0 Å². The minimum atomic E-state index is -4.39. The lowest BCUT2D eigenvalue weighted by molar-refractivity contribution is -0.137. The molecule has 2 unspecified atom stereocenters. The lowest BCUT2D eigenvalue weighted by Gasteiger charge is -2.19. The van der Waals surface area contributed by atoms with Gasteiger partial charge in [0.25, 0.3) is 0 Å². The summed E-state index contributed by atoms with van der Waals surface area (Å²) in [6.45, 7) is 2.35. The van der Waals surface area contributed by atoms with Gasteiger partial charge in [0.2, 0.25) is 0 Å². The van der Waals surface area contributed by atoms with Crippen LogP contribution in [0.25, 0.3) is 11.1 Å². The van der Waals surface area contributed by atoms with Gasteiger partial charge in [0.15, 0.2) is 0 Å². The summed E-state index contributed by atoms with van der Waals surface area (Å²) in [7, 11) is 1.50. The topological polar surface area (TPSA) is 41.5 Å². The largest absolute Gasteiger partial charge is 0.496 e. The Bertz CT molecular complexity index is 956. The fraction of sp³-hybridized carbons (Fsp3) is 0.250. The number of hydrogen-bond acceptors (Lipinski definition) is 3. The molecular formula is C24H24F3NO2. The number of aliphatic hydroxyl groups is 1. The fourth-order valence-corrected chi connectivity index (χ4v) is 3.26. The van der Waals surface area contributed by atoms with Crippen LogP contribution >= 0.6 is 0 Å². The van der Waals surface area contributed by atoms with Crippen molar-refractivity contribution in [3.63, 3.8) is 0 Å². The Kier molecular flexibility index (Phi) is 6.80. The molecule has 3 aromatic carbocycles. The molecule has 0 fully saturated rings. The molecule has 0 bridgehead atoms. The molecule has 0 aliphatic heterocycles. The van der Waals surface area contributed by atoms with Crippen LogP contribution in [0.2, 0.25) is 0 Å². The summed E-state index contributed by atoms with van der Waals surface area (Å²) in [4.78, 5) is 0. The molecule has 3 rings (SSSR count). The van der Waals surface area contributed by atoms with Gasteiger partial charge in [0, 0.05) is 18.2 Å². The van der Waals surface area contributed by atoms with Crippen molar-refractivity contribution >= 4 is 0 Å². The standard InChI is InChI=1S/C24H24F3NO2/c1-16(17-6-4-3-5-7-17)28-15-22(29)19-10-13-23(30-2)21(14-19)18-8-11-20(12-9-18)24(25,26)27/h3-14,16,22,28-29H,15H2,1-2H3. The van der Waals surface area contributed by atoms with Crippen molar-refractivity contribution in [2.75, 3.05) is 13.7 Å². The van der Waals surface area contributed by atoms with Crippen molar-refractivity contribution in [2.45, 2.75) is 25.2 Å². The van der Waals surface area contributed by atoms with Crippen molar-refractivity contribution < 1.29 is 23.0 Å². The van der Waals surface area contributed by atoms with E-state index in [2.05, 4.69) is 5.32 Å². The first-order valence-corrected chi connectivity index (χ1v) is 9.61. The van der Waals surface area contributed by atoms with Gasteiger partial charge in [-0.15, -0.1) is 0 Å². The molecule has 0 spiro atoms. The first kappa shape index (κ1) is 21.9. The van der Waals surface area contributed by atoms with E-state index >= 15 is 0 Å². The molecule has 0 aliphatic rings. The van der Waals surface area contributed by atoms with E-state index in [0.29, 0.717) is 29.0 Å². The van der Waals surface area contributed by atoms with E-state index in [9.17, 15) is 18.3 Å². The van der Waals surface area contributed by atoms with Gasteiger partial charge in [-0.05, 0) is 47.9 Å². The second kappa shape index (κ2) is 9.32. The van der Waals surface area contributed by atoms with E-state index in [4.69, 9.17) is 4.74 Å². The smallest absolute Gasteiger partial charge is 0.416 e. The summed E-state index contributed by atoms with van der Waals surface area (Å²) in [6, 6.07) is 20.1. The predicted molar refractivity (Wildman–Crippen MR) is 111 cm³/mol. The van der Waals surface area contributed by atoms with Crippen LogP contribution in [0.3, 0.4) is 0 Å². The van der Waals surface area contributed by atoms with Crippen LogP contribution in [-0.4, -0.2) is 18.8 Å². The number of rotatable bonds is 7. The number of hydrogen-bond donors (Lipinski definition) is 2. The minimum absolute atomic E-state index is 0.0634. The Morgan fingerprint density at radius 3 is 2.20 bits per heavy atom. The Balaban J connectivity index is 1.78. The number of alkyl halides is 3. The number of nitrogens with one attached hydrogen (secondary N) is 1. The van der Waals surface area contributed by atoms with Crippen LogP contribution in [0.5, 0.6) is 5.75 Å². The monoisotopic (exact) mass is 415 g/mol. The molecule has 0 saturated carbocycles. The maximum absolute atomic E-state index is 12.8. The van der Waals surface area contributed by atoms with Gasteiger partial charge in [0.1, 0.15) is 5.75 Å². The molecule has 158 valence electrons. The Morgan fingerprint density at radius 1 is 0.933 bits per heavy atom. The number of methoxy groups -OCH3 is 1. The molecule has 0 heterocycles. The van der Waals surface area contributed by atoms with Crippen LogP contribution < -0.4 is 10.1 Å². The first-order valence-electron chi connectivity index (χ1n) is 9.61. The van der Waals surface area contributed by atoms with Crippen LogP contribution in [0.4, 0.5) is 13.2 Å². The predicted octanol–water partition coefficient (Wildman–Crippen LogP) is 5.77. The van der Waals surface area contributed by atoms with Crippen molar-refractivity contribution in [2.24, 2.45) is 0 Å². The minimum Gasteiger partial charge on any atom is -0.496 e. The van der Waals surface area contributed by atoms with Crippen LogP contribution in [0.15, 0.2) is 72.8 Å². The van der Waals surface area contributed by atoms with E-state index in [1.165, 1.54) is 19.2 Å². The highest BCUT2D eigenvalue weighted by Gasteiger charge is 2.30. The highest BCUT2D eigenvalue weighted by Crippen LogP contribution is 2.35. The average molecular weight is 415 g/mol. The molecule has 3 aromatic rings. The maximum Gasteiger partial charge on any atom is 0.416 e. The molecular weight excluding hydrogens is 391 g/mol. The molecule has 0 saturated heterocycles. The zero-order valence-corrected chi connectivity index (χ0v) is 16.8. The second-order valence-electron chi connectivity index (χ2n) is 7.09. The first-order chi connectivity index (χ1) is 14.3. The third kappa shape index (κ3) is 5.20. The molecule has 0 aromatic heterocycles. The molecule has 30 heavy (non-hydrogen) atoms. The lowest BCUT2D eigenvalue weighted by Crippen LogP contribution is -2.24. The lowest BCUT2D eigenvalue weighted by atomic mass is 9.98. The van der Waals surface area contributed by atoms with Crippen molar-refractivity contribution in [3.05, 3.63) is 89.5 Å². The normalized spacial score (nSPS) is 13.7. The number of aliphatic hydroxyl groups excluding tert-OH is 1. The van der Waals surface area contributed by atoms with Gasteiger partial charge in [-0.1, -0.05) is 48.5 Å². The van der Waals surface area contributed by atoms with Gasteiger partial charge in [-0.3, -0.25) is 0 Å². The van der Waals surface area contributed by atoms with Crippen molar-refractivity contribution in [1.82, 2.24) is 5.32 Å². The molecule has 6 heteroatoms. The summed E-state index contributed by atoms with van der Waals surface area (Å²) in [5, 5.41) is 14.0. The van der Waals surface area contributed by atoms with E-state index in [0.717, 1.165) is 17.7 Å². The molecule has 0 radical (unpaired) electrons. The zero-order chi connectivity index (χ0) is 21.7. The third-order valence-corrected chi connectivity index (χ3v) is 5.05. The zero-order valence-electron chi connectivity index (χ0n) is 16.8. The molecule has 2 N–H and O–H groups in total. The Hall–Kier alpha value is -2.83. The van der Waals surface area contributed by atoms with Gasteiger partial charge in [-0.25, -0.2) is 0 Å². The second-order valence-corrected chi connectivity index (χ2v) is 7.09. The Morgan fingerprint density at radius 2 is 1.60 bits per heavy atom. The quantitative estimate of drug-likeness (QED) is 0.515. The van der Waals surface area contributed by atoms with Crippen LogP contribution in [-0.2, 0) is 6.18 Å². The number of halogens is 3. The fourth-order valence-electron chi connectivity index (χ4n) is 3.26. The van der Waals surface area contributed by atoms with Gasteiger partial charge in [-0.2, -0.15) is 13.2 Å². The molecule has 0 amide bonds. The van der Waals surface area contributed by atoms with Crippen LogP contribution in [0.1, 0.15) is 35.8 Å². The summed E-state index contributed by atoms with van der Waals surface area (Å²) in [5.41, 5.74) is 2.27. The summed E-state index contributed by atoms with van der Waals surface area (Å²) in [5.74, 6) is 0.524. The SMILES string of the molecule is COc1ccc(C(O)CNC(C)c2ccccc2)cc1-c1ccc(C(F)(F)F)cc1. The number of benzene rings is 3. The summed E-state index contributed by atoms with van der Waals surface area (Å²) >= 11 is 0. The van der Waals surface area contributed by atoms with Crippen molar-refractivity contribution in [3.8, 4) is 16.9 Å². The van der Waals surface area contributed by atoms with Gasteiger partial charge >= 0.3 is 6.18 Å². The summed E-state index contributed by atoms with van der Waals surface area (Å²) in [6.07, 6.45) is -5.17. The van der Waals surface area contributed by atoms with Gasteiger partial charge < -0.3 is 15.2 Å². The van der Waals surface area contributed by atoms with E-state index < -0.39 is 17.8 Å². The molecule has 3 nitrogen and oxygen atoms in total.